The van der Waals surface area contributed by atoms with Crippen molar-refractivity contribution < 1.29 is 14.4 Å². The van der Waals surface area contributed by atoms with E-state index in [9.17, 15) is 4.79 Å². The second-order valence-corrected chi connectivity index (χ2v) is 3.78. The van der Waals surface area contributed by atoms with E-state index >= 15 is 0 Å². The minimum absolute atomic E-state index is 0.419. The normalized spacial score (nSPS) is 11.1. The van der Waals surface area contributed by atoms with Crippen molar-refractivity contribution in [2.75, 3.05) is 19.7 Å². The molecular weight excluding hydrogens is 184 g/mol. The van der Waals surface area contributed by atoms with Crippen molar-refractivity contribution in [1.29, 1.82) is 0 Å². The summed E-state index contributed by atoms with van der Waals surface area (Å²) in [7, 11) is 0. The van der Waals surface area contributed by atoms with E-state index < -0.39 is 11.7 Å². The maximum absolute atomic E-state index is 11.1. The van der Waals surface area contributed by atoms with Crippen molar-refractivity contribution in [3.8, 4) is 0 Å². The summed E-state index contributed by atoms with van der Waals surface area (Å²) in [6.45, 7) is 8.99. The second kappa shape index (κ2) is 6.62. The summed E-state index contributed by atoms with van der Waals surface area (Å²) in [5.41, 5.74) is 2.23. The van der Waals surface area contributed by atoms with Gasteiger partial charge in [0.1, 0.15) is 5.60 Å². The van der Waals surface area contributed by atoms with E-state index in [1.54, 1.807) is 0 Å². The predicted octanol–water partition coefficient (Wildman–Crippen LogP) is 1.05. The van der Waals surface area contributed by atoms with E-state index in [0.29, 0.717) is 13.2 Å². The highest BCUT2D eigenvalue weighted by atomic mass is 16.6. The minimum Gasteiger partial charge on any atom is -0.444 e. The van der Waals surface area contributed by atoms with E-state index in [0.717, 1.165) is 6.54 Å². The molecule has 0 aromatic carbocycles. The first-order chi connectivity index (χ1) is 6.45. The largest absolute Gasteiger partial charge is 0.444 e. The Hall–Kier alpha value is -0.810. The van der Waals surface area contributed by atoms with E-state index in [2.05, 4.69) is 10.8 Å². The maximum Gasteiger partial charge on any atom is 0.407 e. The van der Waals surface area contributed by atoms with Gasteiger partial charge in [-0.05, 0) is 20.8 Å². The van der Waals surface area contributed by atoms with Crippen LogP contribution >= 0.6 is 0 Å². The third-order valence-corrected chi connectivity index (χ3v) is 1.12. The van der Waals surface area contributed by atoms with Crippen LogP contribution < -0.4 is 10.8 Å². The van der Waals surface area contributed by atoms with E-state index in [4.69, 9.17) is 9.57 Å². The lowest BCUT2D eigenvalue weighted by atomic mass is 10.2. The predicted molar refractivity (Wildman–Crippen MR) is 53.9 cm³/mol. The lowest BCUT2D eigenvalue weighted by Gasteiger charge is -2.19. The highest BCUT2D eigenvalue weighted by molar-refractivity contribution is 5.67. The SMILES string of the molecule is CCNOCCNC(=O)OC(C)(C)C. The molecule has 1 amide bonds. The van der Waals surface area contributed by atoms with Crippen LogP contribution in [0.3, 0.4) is 0 Å². The Balaban J connectivity index is 3.36. The van der Waals surface area contributed by atoms with Crippen LogP contribution in [0.2, 0.25) is 0 Å². The Bertz CT molecular complexity index is 166. The second-order valence-electron chi connectivity index (χ2n) is 3.78. The number of rotatable bonds is 5. The van der Waals surface area contributed by atoms with Crippen LogP contribution in [0, 0.1) is 0 Å². The van der Waals surface area contributed by atoms with Gasteiger partial charge in [0.15, 0.2) is 0 Å². The molecule has 0 fully saturated rings. The van der Waals surface area contributed by atoms with Gasteiger partial charge in [-0.3, -0.25) is 4.84 Å². The number of carbonyl (C=O) groups excluding carboxylic acids is 1. The van der Waals surface area contributed by atoms with Crippen molar-refractivity contribution in [2.45, 2.75) is 33.3 Å². The molecule has 0 aromatic heterocycles. The Morgan fingerprint density at radius 3 is 2.50 bits per heavy atom. The summed E-state index contributed by atoms with van der Waals surface area (Å²) in [6.07, 6.45) is -0.419. The molecule has 5 nitrogen and oxygen atoms in total. The van der Waals surface area contributed by atoms with Crippen LogP contribution in [0.4, 0.5) is 4.79 Å². The number of carbonyl (C=O) groups is 1. The summed E-state index contributed by atoms with van der Waals surface area (Å²) >= 11 is 0. The zero-order valence-electron chi connectivity index (χ0n) is 9.35. The quantitative estimate of drug-likeness (QED) is 0.519. The molecule has 0 saturated heterocycles. The molecule has 0 unspecified atom stereocenters. The summed E-state index contributed by atoms with van der Waals surface area (Å²) in [5.74, 6) is 0. The van der Waals surface area contributed by atoms with Crippen LogP contribution in [0.25, 0.3) is 0 Å². The Morgan fingerprint density at radius 1 is 1.36 bits per heavy atom. The van der Waals surface area contributed by atoms with Crippen LogP contribution in [-0.4, -0.2) is 31.4 Å². The van der Waals surface area contributed by atoms with Gasteiger partial charge in [-0.1, -0.05) is 6.92 Å². The fourth-order valence-electron chi connectivity index (χ4n) is 0.693. The third-order valence-electron chi connectivity index (χ3n) is 1.12. The number of hydroxylamine groups is 1. The third kappa shape index (κ3) is 9.28. The molecule has 0 rings (SSSR count). The standard InChI is InChI=1S/C9H20N2O3/c1-5-11-13-7-6-10-8(12)14-9(2,3)4/h11H,5-7H2,1-4H3,(H,10,12). The summed E-state index contributed by atoms with van der Waals surface area (Å²) in [6, 6.07) is 0. The molecule has 0 atom stereocenters. The van der Waals surface area contributed by atoms with Crippen LogP contribution in [-0.2, 0) is 9.57 Å². The lowest BCUT2D eigenvalue weighted by molar-refractivity contribution is 0.0349. The van der Waals surface area contributed by atoms with Crippen molar-refractivity contribution in [3.63, 3.8) is 0 Å². The molecule has 14 heavy (non-hydrogen) atoms. The average Bonchev–Trinajstić information content (AvgIpc) is 2.00. The molecule has 0 spiro atoms. The molecule has 84 valence electrons. The van der Waals surface area contributed by atoms with Gasteiger partial charge in [0.05, 0.1) is 6.61 Å². The molecule has 5 heteroatoms. The minimum atomic E-state index is -0.452. The molecule has 0 aliphatic rings. The molecule has 0 aromatic rings. The van der Waals surface area contributed by atoms with E-state index in [1.807, 2.05) is 27.7 Å². The monoisotopic (exact) mass is 204 g/mol. The van der Waals surface area contributed by atoms with Gasteiger partial charge in [0, 0.05) is 13.1 Å². The van der Waals surface area contributed by atoms with Gasteiger partial charge in [-0.2, -0.15) is 0 Å². The summed E-state index contributed by atoms with van der Waals surface area (Å²) in [4.78, 5) is 16.0. The molecule has 0 radical (unpaired) electrons. The van der Waals surface area contributed by atoms with Crippen molar-refractivity contribution >= 4 is 6.09 Å². The van der Waals surface area contributed by atoms with Crippen molar-refractivity contribution in [2.24, 2.45) is 0 Å². The number of alkyl carbamates (subject to hydrolysis) is 1. The number of ether oxygens (including phenoxy) is 1. The van der Waals surface area contributed by atoms with Gasteiger partial charge in [0.2, 0.25) is 0 Å². The average molecular weight is 204 g/mol. The fraction of sp³-hybridized carbons (Fsp3) is 0.889. The van der Waals surface area contributed by atoms with Gasteiger partial charge >= 0.3 is 6.09 Å². The highest BCUT2D eigenvalue weighted by Crippen LogP contribution is 2.05. The van der Waals surface area contributed by atoms with Gasteiger partial charge < -0.3 is 10.1 Å². The fourth-order valence-corrected chi connectivity index (χ4v) is 0.693. The van der Waals surface area contributed by atoms with Gasteiger partial charge in [-0.25, -0.2) is 10.3 Å². The molecular formula is C9H20N2O3. The number of nitrogens with one attached hydrogen (secondary N) is 2. The molecule has 0 saturated carbocycles. The number of hydrogen-bond acceptors (Lipinski definition) is 4. The van der Waals surface area contributed by atoms with Crippen LogP contribution in [0.15, 0.2) is 0 Å². The van der Waals surface area contributed by atoms with Crippen LogP contribution in [0.1, 0.15) is 27.7 Å². The number of hydrogen-bond donors (Lipinski definition) is 2. The molecule has 0 aliphatic carbocycles. The lowest BCUT2D eigenvalue weighted by Crippen LogP contribution is -2.35. The Labute approximate surface area is 85.1 Å². The molecule has 0 aliphatic heterocycles. The summed E-state index contributed by atoms with van der Waals surface area (Å²) < 4.78 is 5.02. The topological polar surface area (TPSA) is 59.6 Å². The van der Waals surface area contributed by atoms with Gasteiger partial charge in [-0.15, -0.1) is 0 Å². The van der Waals surface area contributed by atoms with Crippen molar-refractivity contribution in [3.05, 3.63) is 0 Å². The van der Waals surface area contributed by atoms with Crippen LogP contribution in [0.5, 0.6) is 0 Å². The zero-order chi connectivity index (χ0) is 11.0. The Morgan fingerprint density at radius 2 is 2.00 bits per heavy atom. The smallest absolute Gasteiger partial charge is 0.407 e. The first kappa shape index (κ1) is 13.2. The molecule has 0 heterocycles. The maximum atomic E-state index is 11.1. The van der Waals surface area contributed by atoms with E-state index in [-0.39, 0.29) is 0 Å². The van der Waals surface area contributed by atoms with E-state index in [1.165, 1.54) is 0 Å². The first-order valence-corrected chi connectivity index (χ1v) is 4.77. The summed E-state index contributed by atoms with van der Waals surface area (Å²) in [5, 5.41) is 2.57. The van der Waals surface area contributed by atoms with Crippen molar-refractivity contribution in [1.82, 2.24) is 10.8 Å². The van der Waals surface area contributed by atoms with Gasteiger partial charge in [0.25, 0.3) is 0 Å². The first-order valence-electron chi connectivity index (χ1n) is 4.77. The molecule has 0 bridgehead atoms. The highest BCUT2D eigenvalue weighted by Gasteiger charge is 2.15. The zero-order valence-corrected chi connectivity index (χ0v) is 9.35. The molecule has 2 N–H and O–H groups in total. The Kier molecular flexibility index (Phi) is 6.23. The number of amides is 1.